The van der Waals surface area contributed by atoms with Gasteiger partial charge in [0.2, 0.25) is 5.91 Å². The molecule has 3 heterocycles. The van der Waals surface area contributed by atoms with Gasteiger partial charge in [-0.2, -0.15) is 0 Å². The van der Waals surface area contributed by atoms with Gasteiger partial charge in [-0.25, -0.2) is 13.8 Å². The number of H-pyrrole nitrogens is 1. The molecule has 1 aliphatic heterocycles. The fraction of sp³-hybridized carbons (Fsp3) is 0.278. The van der Waals surface area contributed by atoms with Crippen molar-refractivity contribution in [2.75, 3.05) is 0 Å². The Morgan fingerprint density at radius 1 is 1.41 bits per heavy atom. The minimum Gasteiger partial charge on any atom is -0.334 e. The number of nitrogens with one attached hydrogen (secondary N) is 1. The molecule has 1 atom stereocenters. The maximum absolute atomic E-state index is 14.4. The van der Waals surface area contributed by atoms with Crippen LogP contribution in [0.2, 0.25) is 5.02 Å². The number of aromatic amines is 1. The van der Waals surface area contributed by atoms with Crippen LogP contribution < -0.4 is 0 Å². The van der Waals surface area contributed by atoms with Gasteiger partial charge in [0, 0.05) is 48.2 Å². The molecular formula is C18H15ClF2N4OS. The quantitative estimate of drug-likeness (QED) is 0.517. The van der Waals surface area contributed by atoms with Crippen LogP contribution in [0, 0.1) is 16.4 Å². The number of carbonyl (C=O) groups excluding carboxylic acids is 1. The predicted octanol–water partition coefficient (Wildman–Crippen LogP) is 4.29. The van der Waals surface area contributed by atoms with Crippen LogP contribution in [-0.2, 0) is 19.4 Å². The lowest BCUT2D eigenvalue weighted by Gasteiger charge is -2.13. The van der Waals surface area contributed by atoms with Crippen molar-refractivity contribution in [2.45, 2.75) is 31.7 Å². The van der Waals surface area contributed by atoms with Crippen molar-refractivity contribution < 1.29 is 13.6 Å². The Kier molecular flexibility index (Phi) is 4.69. The van der Waals surface area contributed by atoms with Gasteiger partial charge in [-0.3, -0.25) is 9.36 Å². The summed E-state index contributed by atoms with van der Waals surface area (Å²) in [6.45, 7) is 0.369. The number of hydrogen-bond donors (Lipinski definition) is 1. The lowest BCUT2D eigenvalue weighted by atomic mass is 9.95. The van der Waals surface area contributed by atoms with Gasteiger partial charge in [0.05, 0.1) is 5.02 Å². The maximum Gasteiger partial charge on any atom is 0.232 e. The zero-order chi connectivity index (χ0) is 19.1. The van der Waals surface area contributed by atoms with Gasteiger partial charge in [0.15, 0.2) is 4.77 Å². The van der Waals surface area contributed by atoms with Crippen LogP contribution in [0.3, 0.4) is 0 Å². The molecule has 1 aromatic carbocycles. The first-order valence-electron chi connectivity index (χ1n) is 8.40. The second kappa shape index (κ2) is 7.01. The van der Waals surface area contributed by atoms with Gasteiger partial charge < -0.3 is 9.55 Å². The van der Waals surface area contributed by atoms with Crippen LogP contribution >= 0.6 is 23.8 Å². The van der Waals surface area contributed by atoms with Crippen LogP contribution in [0.1, 0.15) is 34.1 Å². The molecule has 0 bridgehead atoms. The number of halogens is 3. The first kappa shape index (κ1) is 18.1. The highest BCUT2D eigenvalue weighted by Gasteiger charge is 2.31. The van der Waals surface area contributed by atoms with E-state index in [9.17, 15) is 13.6 Å². The second-order valence-electron chi connectivity index (χ2n) is 6.49. The molecule has 27 heavy (non-hydrogen) atoms. The van der Waals surface area contributed by atoms with E-state index >= 15 is 0 Å². The Balaban J connectivity index is 1.57. The van der Waals surface area contributed by atoms with Crippen molar-refractivity contribution in [1.29, 1.82) is 0 Å². The molecule has 0 radical (unpaired) electrons. The Morgan fingerprint density at radius 2 is 2.22 bits per heavy atom. The van der Waals surface area contributed by atoms with Crippen LogP contribution in [0.15, 0.2) is 30.9 Å². The number of fused-ring (bicyclic) bond motifs is 1. The number of carbonyl (C=O) groups is 1. The summed E-state index contributed by atoms with van der Waals surface area (Å²) in [6, 6.07) is 2.39. The van der Waals surface area contributed by atoms with E-state index in [1.165, 1.54) is 23.0 Å². The van der Waals surface area contributed by atoms with E-state index in [1.54, 1.807) is 12.4 Å². The minimum atomic E-state index is -0.723. The summed E-state index contributed by atoms with van der Waals surface area (Å²) >= 11 is 11.2. The van der Waals surface area contributed by atoms with Crippen molar-refractivity contribution in [3.63, 3.8) is 0 Å². The number of hydrogen-bond acceptors (Lipinski definition) is 3. The average Bonchev–Trinajstić information content (AvgIpc) is 3.36. The van der Waals surface area contributed by atoms with Gasteiger partial charge in [-0.15, -0.1) is 0 Å². The molecule has 0 aliphatic carbocycles. The molecule has 140 valence electrons. The van der Waals surface area contributed by atoms with E-state index in [2.05, 4.69) is 9.97 Å². The summed E-state index contributed by atoms with van der Waals surface area (Å²) in [5, 5.41) is -0.0979. The number of aryl methyl sites for hydroxylation is 1. The van der Waals surface area contributed by atoms with Crippen LogP contribution in [0.4, 0.5) is 8.78 Å². The molecule has 1 aliphatic rings. The van der Waals surface area contributed by atoms with E-state index < -0.39 is 17.6 Å². The highest BCUT2D eigenvalue weighted by molar-refractivity contribution is 7.71. The molecule has 1 N–H and O–H groups in total. The third-order valence-electron chi connectivity index (χ3n) is 4.89. The van der Waals surface area contributed by atoms with Gasteiger partial charge >= 0.3 is 0 Å². The number of rotatable bonds is 4. The molecule has 0 saturated heterocycles. The molecule has 0 spiro atoms. The molecule has 0 saturated carbocycles. The van der Waals surface area contributed by atoms with E-state index in [4.69, 9.17) is 23.8 Å². The van der Waals surface area contributed by atoms with Gasteiger partial charge in [0.1, 0.15) is 18.0 Å². The average molecular weight is 409 g/mol. The molecule has 0 amide bonds. The fourth-order valence-electron chi connectivity index (χ4n) is 3.58. The SMILES string of the molecule is O=C(CCc1[nH]c(=S)n2c1C[C@@H](c1c(F)ccc(Cl)c1F)C2)n1ccnc1. The maximum atomic E-state index is 14.4. The predicted molar refractivity (Wildman–Crippen MR) is 98.6 cm³/mol. The van der Waals surface area contributed by atoms with E-state index in [0.29, 0.717) is 24.2 Å². The smallest absolute Gasteiger partial charge is 0.232 e. The largest absolute Gasteiger partial charge is 0.334 e. The lowest BCUT2D eigenvalue weighted by molar-refractivity contribution is 0.0902. The molecule has 5 nitrogen and oxygen atoms in total. The summed E-state index contributed by atoms with van der Waals surface area (Å²) in [5.74, 6) is -1.81. The standard InChI is InChI=1S/C18H15ClF2N4OS/c19-11-1-2-12(20)16(17(11)21)10-7-14-13(23-18(27)25(14)8-10)3-4-15(26)24-6-5-22-9-24/h1-2,5-6,9-10H,3-4,7-8H2,(H,23,27)/t10-/m1/s1. The van der Waals surface area contributed by atoms with Gasteiger partial charge in [-0.1, -0.05) is 11.6 Å². The van der Waals surface area contributed by atoms with E-state index in [1.807, 2.05) is 4.57 Å². The van der Waals surface area contributed by atoms with Crippen molar-refractivity contribution >= 4 is 29.7 Å². The van der Waals surface area contributed by atoms with Crippen molar-refractivity contribution in [2.24, 2.45) is 0 Å². The monoisotopic (exact) mass is 408 g/mol. The fourth-order valence-corrected chi connectivity index (χ4v) is 4.06. The second-order valence-corrected chi connectivity index (χ2v) is 7.28. The summed E-state index contributed by atoms with van der Waals surface area (Å²) in [7, 11) is 0. The molecular weight excluding hydrogens is 394 g/mol. The molecule has 2 aromatic heterocycles. The first-order valence-corrected chi connectivity index (χ1v) is 9.19. The Hall–Kier alpha value is -2.32. The number of benzene rings is 1. The first-order chi connectivity index (χ1) is 13.0. The number of nitrogens with zero attached hydrogens (tertiary/aromatic N) is 3. The van der Waals surface area contributed by atoms with Gasteiger partial charge in [-0.05, 0) is 37.2 Å². The summed E-state index contributed by atoms with van der Waals surface area (Å²) in [4.78, 5) is 19.1. The third-order valence-corrected chi connectivity index (χ3v) is 5.50. The van der Waals surface area contributed by atoms with Crippen molar-refractivity contribution in [3.8, 4) is 0 Å². The van der Waals surface area contributed by atoms with E-state index in [-0.39, 0.29) is 22.9 Å². The van der Waals surface area contributed by atoms with Crippen molar-refractivity contribution in [1.82, 2.24) is 19.1 Å². The zero-order valence-corrected chi connectivity index (χ0v) is 15.7. The minimum absolute atomic E-state index is 0.0129. The Labute approximate surface area is 163 Å². The topological polar surface area (TPSA) is 55.6 Å². The summed E-state index contributed by atoms with van der Waals surface area (Å²) in [5.41, 5.74) is 1.68. The normalized spacial score (nSPS) is 15.9. The number of aromatic nitrogens is 4. The molecule has 0 unspecified atom stereocenters. The van der Waals surface area contributed by atoms with Crippen LogP contribution in [0.5, 0.6) is 0 Å². The highest BCUT2D eigenvalue weighted by Crippen LogP contribution is 2.36. The third kappa shape index (κ3) is 3.23. The van der Waals surface area contributed by atoms with Crippen LogP contribution in [-0.4, -0.2) is 25.0 Å². The molecule has 4 rings (SSSR count). The number of imidazole rings is 2. The zero-order valence-electron chi connectivity index (χ0n) is 14.1. The summed E-state index contributed by atoms with van der Waals surface area (Å²) < 4.78 is 32.4. The van der Waals surface area contributed by atoms with Crippen molar-refractivity contribution in [3.05, 3.63) is 69.2 Å². The lowest BCUT2D eigenvalue weighted by Crippen LogP contribution is -2.10. The van der Waals surface area contributed by atoms with Gasteiger partial charge in [0.25, 0.3) is 0 Å². The Bertz CT molecular complexity index is 1070. The molecule has 3 aromatic rings. The Morgan fingerprint density at radius 3 is 2.96 bits per heavy atom. The van der Waals surface area contributed by atoms with Crippen LogP contribution in [0.25, 0.3) is 0 Å². The highest BCUT2D eigenvalue weighted by atomic mass is 35.5. The molecule has 0 fully saturated rings. The van der Waals surface area contributed by atoms with E-state index in [0.717, 1.165) is 11.4 Å². The molecule has 9 heteroatoms. The summed E-state index contributed by atoms with van der Waals surface area (Å²) in [6.07, 6.45) is 5.74.